The molecule has 0 bridgehead atoms. The van der Waals surface area contributed by atoms with Crippen LogP contribution in [-0.2, 0) is 6.54 Å². The molecular formula is C14H21Cl2N3. The lowest BCUT2D eigenvalue weighted by atomic mass is 9.96. The van der Waals surface area contributed by atoms with Crippen molar-refractivity contribution in [2.45, 2.75) is 19.4 Å². The summed E-state index contributed by atoms with van der Waals surface area (Å²) in [5.74, 6) is 0.824. The van der Waals surface area contributed by atoms with Crippen LogP contribution < -0.4 is 0 Å². The molecule has 1 aliphatic rings. The third-order valence-electron chi connectivity index (χ3n) is 3.62. The maximum Gasteiger partial charge on any atom is 0.135 e. The number of likely N-dealkylation sites (tertiary alicyclic amines) is 1. The van der Waals surface area contributed by atoms with E-state index >= 15 is 0 Å². The molecule has 0 aliphatic carbocycles. The molecule has 19 heavy (non-hydrogen) atoms. The quantitative estimate of drug-likeness (QED) is 0.796. The number of aromatic nitrogens is 1. The molecule has 5 heteroatoms. The Labute approximate surface area is 125 Å². The fourth-order valence-electron chi connectivity index (χ4n) is 2.64. The minimum Gasteiger partial charge on any atom is -0.309 e. The Hall–Kier alpha value is -0.350. The van der Waals surface area contributed by atoms with Crippen LogP contribution >= 0.6 is 23.2 Å². The second-order valence-electron chi connectivity index (χ2n) is 5.57. The van der Waals surface area contributed by atoms with E-state index in [9.17, 15) is 0 Å². The first-order valence-corrected chi connectivity index (χ1v) is 7.48. The lowest BCUT2D eigenvalue weighted by Gasteiger charge is -2.33. The normalized spacial score (nSPS) is 18.2. The maximum absolute atomic E-state index is 6.12. The standard InChI is InChI=1S/C14H21Cl2N3/c1-18(2)9-11-5-7-19(8-6-11)10-12-3-4-13(15)17-14(12)16/h3-4,11H,5-10H2,1-2H3. The van der Waals surface area contributed by atoms with Gasteiger partial charge in [-0.2, -0.15) is 0 Å². The van der Waals surface area contributed by atoms with Crippen LogP contribution in [0, 0.1) is 5.92 Å². The highest BCUT2D eigenvalue weighted by atomic mass is 35.5. The Morgan fingerprint density at radius 1 is 1.26 bits per heavy atom. The number of pyridine rings is 1. The van der Waals surface area contributed by atoms with Crippen LogP contribution in [0.2, 0.25) is 10.3 Å². The van der Waals surface area contributed by atoms with Gasteiger partial charge in [-0.1, -0.05) is 29.3 Å². The summed E-state index contributed by atoms with van der Waals surface area (Å²) in [6, 6.07) is 3.78. The van der Waals surface area contributed by atoms with Crippen LogP contribution in [0.25, 0.3) is 0 Å². The molecule has 0 spiro atoms. The van der Waals surface area contributed by atoms with Gasteiger partial charge < -0.3 is 4.90 Å². The van der Waals surface area contributed by atoms with E-state index in [4.69, 9.17) is 23.2 Å². The average Bonchev–Trinajstić information content (AvgIpc) is 2.34. The van der Waals surface area contributed by atoms with Gasteiger partial charge in [0.1, 0.15) is 10.3 Å². The first-order valence-electron chi connectivity index (χ1n) is 6.72. The van der Waals surface area contributed by atoms with Crippen LogP contribution in [0.5, 0.6) is 0 Å². The van der Waals surface area contributed by atoms with Gasteiger partial charge in [-0.3, -0.25) is 4.90 Å². The fourth-order valence-corrected chi connectivity index (χ4v) is 3.05. The van der Waals surface area contributed by atoms with E-state index in [1.165, 1.54) is 19.4 Å². The first kappa shape index (κ1) is 15.0. The Bertz CT molecular complexity index is 415. The first-order chi connectivity index (χ1) is 9.04. The zero-order valence-electron chi connectivity index (χ0n) is 11.6. The lowest BCUT2D eigenvalue weighted by Crippen LogP contribution is -2.36. The van der Waals surface area contributed by atoms with Crippen LogP contribution in [-0.4, -0.2) is 48.5 Å². The van der Waals surface area contributed by atoms with Crippen molar-refractivity contribution in [3.8, 4) is 0 Å². The summed E-state index contributed by atoms with van der Waals surface area (Å²) in [4.78, 5) is 8.82. The minimum absolute atomic E-state index is 0.457. The molecule has 1 fully saturated rings. The molecular weight excluding hydrogens is 281 g/mol. The van der Waals surface area contributed by atoms with Crippen molar-refractivity contribution < 1.29 is 0 Å². The highest BCUT2D eigenvalue weighted by molar-refractivity contribution is 6.32. The molecule has 2 rings (SSSR count). The van der Waals surface area contributed by atoms with Crippen molar-refractivity contribution in [3.63, 3.8) is 0 Å². The predicted octanol–water partition coefficient (Wildman–Crippen LogP) is 3.16. The topological polar surface area (TPSA) is 19.4 Å². The smallest absolute Gasteiger partial charge is 0.135 e. The largest absolute Gasteiger partial charge is 0.309 e. The monoisotopic (exact) mass is 301 g/mol. The average molecular weight is 302 g/mol. The van der Waals surface area contributed by atoms with Gasteiger partial charge in [-0.25, -0.2) is 4.98 Å². The molecule has 0 radical (unpaired) electrons. The van der Waals surface area contributed by atoms with Gasteiger partial charge in [0.25, 0.3) is 0 Å². The third kappa shape index (κ3) is 4.60. The SMILES string of the molecule is CN(C)CC1CCN(Cc2ccc(Cl)nc2Cl)CC1. The van der Waals surface area contributed by atoms with Crippen molar-refractivity contribution in [1.82, 2.24) is 14.8 Å². The summed E-state index contributed by atoms with van der Waals surface area (Å²) in [6.45, 7) is 4.34. The molecule has 1 aromatic rings. The molecule has 3 nitrogen and oxygen atoms in total. The number of piperidine rings is 1. The molecule has 2 heterocycles. The third-order valence-corrected chi connectivity index (χ3v) is 4.15. The maximum atomic E-state index is 6.12. The molecule has 1 aliphatic heterocycles. The van der Waals surface area contributed by atoms with Crippen molar-refractivity contribution in [2.75, 3.05) is 33.7 Å². The molecule has 0 unspecified atom stereocenters. The summed E-state index contributed by atoms with van der Waals surface area (Å²) in [5.41, 5.74) is 1.07. The second-order valence-corrected chi connectivity index (χ2v) is 6.31. The van der Waals surface area contributed by atoms with Gasteiger partial charge in [0.15, 0.2) is 0 Å². The number of hydrogen-bond donors (Lipinski definition) is 0. The van der Waals surface area contributed by atoms with Gasteiger partial charge in [0.2, 0.25) is 0 Å². The number of nitrogens with zero attached hydrogens (tertiary/aromatic N) is 3. The van der Waals surface area contributed by atoms with E-state index in [1.54, 1.807) is 0 Å². The molecule has 106 valence electrons. The summed E-state index contributed by atoms with van der Waals surface area (Å²) in [6.07, 6.45) is 2.52. The molecule has 0 saturated carbocycles. The minimum atomic E-state index is 0.457. The van der Waals surface area contributed by atoms with E-state index in [-0.39, 0.29) is 0 Å². The van der Waals surface area contributed by atoms with E-state index in [0.29, 0.717) is 10.3 Å². The second kappa shape index (κ2) is 6.89. The van der Waals surface area contributed by atoms with Crippen LogP contribution in [0.15, 0.2) is 12.1 Å². The molecule has 1 aromatic heterocycles. The number of hydrogen-bond acceptors (Lipinski definition) is 3. The Balaban J connectivity index is 1.85. The fraction of sp³-hybridized carbons (Fsp3) is 0.643. The van der Waals surface area contributed by atoms with Crippen LogP contribution in [0.1, 0.15) is 18.4 Å². The van der Waals surface area contributed by atoms with Crippen molar-refractivity contribution in [3.05, 3.63) is 28.0 Å². The predicted molar refractivity (Wildman–Crippen MR) is 80.8 cm³/mol. The van der Waals surface area contributed by atoms with Gasteiger partial charge in [-0.15, -0.1) is 0 Å². The Morgan fingerprint density at radius 2 is 1.95 bits per heavy atom. The van der Waals surface area contributed by atoms with E-state index in [0.717, 1.165) is 31.1 Å². The molecule has 0 amide bonds. The van der Waals surface area contributed by atoms with Crippen molar-refractivity contribution >= 4 is 23.2 Å². The van der Waals surface area contributed by atoms with E-state index < -0.39 is 0 Å². The van der Waals surface area contributed by atoms with E-state index in [2.05, 4.69) is 28.9 Å². The van der Waals surface area contributed by atoms with Gasteiger partial charge >= 0.3 is 0 Å². The van der Waals surface area contributed by atoms with Gasteiger partial charge in [0.05, 0.1) is 0 Å². The lowest BCUT2D eigenvalue weighted by molar-refractivity contribution is 0.157. The molecule has 1 saturated heterocycles. The summed E-state index contributed by atoms with van der Waals surface area (Å²) >= 11 is 11.9. The molecule has 0 atom stereocenters. The highest BCUT2D eigenvalue weighted by Crippen LogP contribution is 2.22. The number of rotatable bonds is 4. The highest BCUT2D eigenvalue weighted by Gasteiger charge is 2.20. The van der Waals surface area contributed by atoms with E-state index in [1.807, 2.05) is 12.1 Å². The summed E-state index contributed by atoms with van der Waals surface area (Å²) in [5, 5.41) is 0.987. The molecule has 0 N–H and O–H groups in total. The zero-order valence-corrected chi connectivity index (χ0v) is 13.1. The van der Waals surface area contributed by atoms with Crippen LogP contribution in [0.3, 0.4) is 0 Å². The molecule has 0 aromatic carbocycles. The summed E-state index contributed by atoms with van der Waals surface area (Å²) < 4.78 is 0. The van der Waals surface area contributed by atoms with Gasteiger partial charge in [0, 0.05) is 18.7 Å². The van der Waals surface area contributed by atoms with Crippen molar-refractivity contribution in [2.24, 2.45) is 5.92 Å². The Morgan fingerprint density at radius 3 is 2.53 bits per heavy atom. The van der Waals surface area contributed by atoms with Crippen molar-refractivity contribution in [1.29, 1.82) is 0 Å². The number of halogens is 2. The zero-order chi connectivity index (χ0) is 13.8. The van der Waals surface area contributed by atoms with Crippen LogP contribution in [0.4, 0.5) is 0 Å². The van der Waals surface area contributed by atoms with Gasteiger partial charge in [-0.05, 0) is 52.0 Å². The summed E-state index contributed by atoms with van der Waals surface area (Å²) in [7, 11) is 4.29. The Kier molecular flexibility index (Phi) is 5.46.